The van der Waals surface area contributed by atoms with Gasteiger partial charge in [-0.15, -0.1) is 0 Å². The summed E-state index contributed by atoms with van der Waals surface area (Å²) >= 11 is 6.65. The van der Waals surface area contributed by atoms with Crippen molar-refractivity contribution in [2.24, 2.45) is 0 Å². The number of fused-ring (bicyclic) bond motifs is 3. The van der Waals surface area contributed by atoms with Crippen LogP contribution in [-0.2, 0) is 6.42 Å². The van der Waals surface area contributed by atoms with E-state index in [-0.39, 0.29) is 0 Å². The van der Waals surface area contributed by atoms with E-state index in [2.05, 4.69) is 16.8 Å². The van der Waals surface area contributed by atoms with Crippen molar-refractivity contribution in [3.05, 3.63) is 52.0 Å². The first-order valence-corrected chi connectivity index (χ1v) is 7.52. The van der Waals surface area contributed by atoms with Crippen LogP contribution in [0.1, 0.15) is 30.9 Å². The highest BCUT2D eigenvalue weighted by Crippen LogP contribution is 2.36. The fourth-order valence-corrected chi connectivity index (χ4v) is 3.17. The molecule has 1 aromatic carbocycles. The van der Waals surface area contributed by atoms with Crippen LogP contribution in [0.3, 0.4) is 0 Å². The molecule has 0 aliphatic heterocycles. The van der Waals surface area contributed by atoms with E-state index in [1.165, 1.54) is 0 Å². The van der Waals surface area contributed by atoms with Crippen LogP contribution in [0.4, 0.5) is 5.69 Å². The van der Waals surface area contributed by atoms with Crippen LogP contribution in [0.2, 0.25) is 5.15 Å². The number of hydrogen-bond acceptors (Lipinski definition) is 1. The Hall–Kier alpha value is -2.05. The largest absolute Gasteiger partial charge is 0.291 e. The minimum atomic E-state index is 0.613. The summed E-state index contributed by atoms with van der Waals surface area (Å²) in [6, 6.07) is 7.86. The Bertz CT molecular complexity index is 871. The molecular weight excluding hydrogens is 282 g/mol. The van der Waals surface area contributed by atoms with E-state index in [9.17, 15) is 0 Å². The van der Waals surface area contributed by atoms with Crippen LogP contribution >= 0.6 is 11.6 Å². The SMILES string of the molecule is [C-]#[N+]c1c(C)c(CCCC)c(Cl)n2c1nc1ccccc12. The maximum absolute atomic E-state index is 7.51. The average Bonchev–Trinajstić information content (AvgIpc) is 2.87. The molecule has 0 N–H and O–H groups in total. The van der Waals surface area contributed by atoms with Crippen LogP contribution < -0.4 is 0 Å². The first-order chi connectivity index (χ1) is 10.2. The lowest BCUT2D eigenvalue weighted by Gasteiger charge is -2.13. The number of pyridine rings is 1. The molecule has 0 atom stereocenters. The number of aromatic nitrogens is 2. The number of hydrogen-bond donors (Lipinski definition) is 0. The molecule has 3 rings (SSSR count). The van der Waals surface area contributed by atoms with Gasteiger partial charge in [-0.2, -0.15) is 0 Å². The molecule has 2 aromatic heterocycles. The molecule has 0 aliphatic carbocycles. The molecule has 0 aliphatic rings. The van der Waals surface area contributed by atoms with E-state index in [0.29, 0.717) is 16.5 Å². The van der Waals surface area contributed by atoms with E-state index in [4.69, 9.17) is 18.2 Å². The lowest BCUT2D eigenvalue weighted by atomic mass is 10.0. The molecule has 0 bridgehead atoms. The first-order valence-electron chi connectivity index (χ1n) is 7.14. The number of rotatable bonds is 3. The van der Waals surface area contributed by atoms with Crippen molar-refractivity contribution in [3.8, 4) is 0 Å². The average molecular weight is 298 g/mol. The van der Waals surface area contributed by atoms with Crippen molar-refractivity contribution in [2.75, 3.05) is 0 Å². The number of halogens is 1. The Morgan fingerprint density at radius 1 is 1.33 bits per heavy atom. The van der Waals surface area contributed by atoms with Crippen LogP contribution in [-0.4, -0.2) is 9.38 Å². The third kappa shape index (κ3) is 2.07. The van der Waals surface area contributed by atoms with Gasteiger partial charge in [-0.1, -0.05) is 37.1 Å². The fraction of sp³-hybridized carbons (Fsp3) is 0.294. The molecular formula is C17H16ClN3. The molecule has 2 heterocycles. The zero-order valence-electron chi connectivity index (χ0n) is 12.2. The normalized spacial score (nSPS) is 11.1. The summed E-state index contributed by atoms with van der Waals surface area (Å²) in [4.78, 5) is 8.31. The molecule has 106 valence electrons. The summed E-state index contributed by atoms with van der Waals surface area (Å²) in [7, 11) is 0. The molecule has 0 fully saturated rings. The highest BCUT2D eigenvalue weighted by molar-refractivity contribution is 6.31. The van der Waals surface area contributed by atoms with Gasteiger partial charge in [0.15, 0.2) is 0 Å². The van der Waals surface area contributed by atoms with Gasteiger partial charge in [-0.25, -0.2) is 9.83 Å². The molecule has 0 saturated heterocycles. The van der Waals surface area contributed by atoms with E-state index in [0.717, 1.165) is 41.4 Å². The second-order valence-electron chi connectivity index (χ2n) is 5.22. The van der Waals surface area contributed by atoms with Gasteiger partial charge in [0.05, 0.1) is 17.6 Å². The van der Waals surface area contributed by atoms with Gasteiger partial charge < -0.3 is 0 Å². The highest BCUT2D eigenvalue weighted by Gasteiger charge is 2.19. The number of imidazole rings is 1. The Kier molecular flexibility index (Phi) is 3.57. The predicted octanol–water partition coefficient (Wildman–Crippen LogP) is 5.34. The van der Waals surface area contributed by atoms with Gasteiger partial charge in [-0.05, 0) is 43.0 Å². The summed E-state index contributed by atoms with van der Waals surface area (Å²) in [6.45, 7) is 11.6. The monoisotopic (exact) mass is 297 g/mol. The summed E-state index contributed by atoms with van der Waals surface area (Å²) in [5.41, 5.74) is 5.14. The van der Waals surface area contributed by atoms with E-state index in [1.807, 2.05) is 35.6 Å². The molecule has 0 spiro atoms. The quantitative estimate of drug-likeness (QED) is 0.472. The standard InChI is InChI=1S/C17H16ClN3/c1-4-5-8-12-11(2)15(19-3)17-20-13-9-6-7-10-14(13)21(17)16(12)18/h6-7,9-10H,4-5,8H2,1-2H3. The highest BCUT2D eigenvalue weighted by atomic mass is 35.5. The lowest BCUT2D eigenvalue weighted by Crippen LogP contribution is -1.99. The zero-order valence-corrected chi connectivity index (χ0v) is 12.9. The Balaban J connectivity index is 2.45. The van der Waals surface area contributed by atoms with Crippen LogP contribution in [0.5, 0.6) is 0 Å². The Morgan fingerprint density at radius 3 is 2.81 bits per heavy atom. The minimum absolute atomic E-state index is 0.613. The minimum Gasteiger partial charge on any atom is -0.291 e. The molecule has 3 aromatic rings. The summed E-state index contributed by atoms with van der Waals surface area (Å²) in [5, 5.41) is 0.692. The van der Waals surface area contributed by atoms with Crippen molar-refractivity contribution < 1.29 is 0 Å². The molecule has 0 unspecified atom stereocenters. The van der Waals surface area contributed by atoms with Crippen molar-refractivity contribution in [1.29, 1.82) is 0 Å². The van der Waals surface area contributed by atoms with Crippen molar-refractivity contribution in [3.63, 3.8) is 0 Å². The number of nitrogens with zero attached hydrogens (tertiary/aromatic N) is 3. The Morgan fingerprint density at radius 2 is 2.10 bits per heavy atom. The number of benzene rings is 1. The topological polar surface area (TPSA) is 21.7 Å². The number of unbranched alkanes of at least 4 members (excludes halogenated alkanes) is 1. The van der Waals surface area contributed by atoms with Crippen LogP contribution in [0, 0.1) is 13.5 Å². The van der Waals surface area contributed by atoms with E-state index < -0.39 is 0 Å². The van der Waals surface area contributed by atoms with Crippen molar-refractivity contribution in [2.45, 2.75) is 33.1 Å². The number of para-hydroxylation sites is 2. The third-order valence-electron chi connectivity index (χ3n) is 3.92. The lowest BCUT2D eigenvalue weighted by molar-refractivity contribution is 0.788. The molecule has 21 heavy (non-hydrogen) atoms. The predicted molar refractivity (Wildman–Crippen MR) is 87.3 cm³/mol. The fourth-order valence-electron chi connectivity index (χ4n) is 2.76. The van der Waals surface area contributed by atoms with Crippen LogP contribution in [0.25, 0.3) is 21.5 Å². The van der Waals surface area contributed by atoms with Crippen molar-refractivity contribution >= 4 is 34.0 Å². The maximum atomic E-state index is 7.51. The van der Waals surface area contributed by atoms with E-state index in [1.54, 1.807) is 0 Å². The molecule has 3 nitrogen and oxygen atoms in total. The third-order valence-corrected chi connectivity index (χ3v) is 4.32. The van der Waals surface area contributed by atoms with Gasteiger partial charge in [0.1, 0.15) is 10.8 Å². The van der Waals surface area contributed by atoms with Gasteiger partial charge in [-0.3, -0.25) is 4.40 Å². The zero-order chi connectivity index (χ0) is 15.0. The van der Waals surface area contributed by atoms with Crippen LogP contribution in [0.15, 0.2) is 24.3 Å². The first kappa shape index (κ1) is 13.9. The summed E-state index contributed by atoms with van der Waals surface area (Å²) in [5.74, 6) is 0. The molecule has 0 radical (unpaired) electrons. The van der Waals surface area contributed by atoms with Gasteiger partial charge >= 0.3 is 0 Å². The molecule has 0 amide bonds. The van der Waals surface area contributed by atoms with Gasteiger partial charge in [0.25, 0.3) is 0 Å². The van der Waals surface area contributed by atoms with E-state index >= 15 is 0 Å². The van der Waals surface area contributed by atoms with Crippen molar-refractivity contribution in [1.82, 2.24) is 9.38 Å². The molecule has 4 heteroatoms. The van der Waals surface area contributed by atoms with Gasteiger partial charge in [0, 0.05) is 0 Å². The summed E-state index contributed by atoms with van der Waals surface area (Å²) in [6.07, 6.45) is 3.06. The summed E-state index contributed by atoms with van der Waals surface area (Å²) < 4.78 is 1.92. The smallest absolute Gasteiger partial charge is 0.232 e. The second-order valence-corrected chi connectivity index (χ2v) is 5.58. The Labute approximate surface area is 129 Å². The second kappa shape index (κ2) is 5.38. The van der Waals surface area contributed by atoms with Gasteiger partial charge in [0.2, 0.25) is 5.69 Å². The molecule has 0 saturated carbocycles. The maximum Gasteiger partial charge on any atom is 0.232 e.